The van der Waals surface area contributed by atoms with E-state index in [1.807, 2.05) is 13.0 Å². The van der Waals surface area contributed by atoms with Crippen LogP contribution in [0, 0.1) is 5.82 Å². The van der Waals surface area contributed by atoms with Gasteiger partial charge in [-0.1, -0.05) is 36.9 Å². The third-order valence-electron chi connectivity index (χ3n) is 1.67. The Kier molecular flexibility index (Phi) is 2.81. The van der Waals surface area contributed by atoms with Crippen LogP contribution in [0.3, 0.4) is 0 Å². The quantitative estimate of drug-likeness (QED) is 0.584. The zero-order valence-corrected chi connectivity index (χ0v) is 7.05. The number of hydrogen-bond acceptors (Lipinski definition) is 0. The van der Waals surface area contributed by atoms with Gasteiger partial charge in [-0.3, -0.25) is 0 Å². The van der Waals surface area contributed by atoms with Crippen molar-refractivity contribution in [3.05, 3.63) is 54.4 Å². The molecule has 0 radical (unpaired) electrons. The van der Waals surface area contributed by atoms with Gasteiger partial charge >= 0.3 is 0 Å². The smallest absolute Gasteiger partial charge is 0.130 e. The fourth-order valence-corrected chi connectivity index (χ4v) is 1.05. The molecule has 62 valence electrons. The first-order valence-corrected chi connectivity index (χ1v) is 3.80. The Morgan fingerprint density at radius 3 is 2.67 bits per heavy atom. The molecule has 0 heterocycles. The summed E-state index contributed by atoms with van der Waals surface area (Å²) in [5.74, 6) is -0.187. The van der Waals surface area contributed by atoms with Crippen LogP contribution in [-0.2, 0) is 0 Å². The lowest BCUT2D eigenvalue weighted by molar-refractivity contribution is 0.624. The van der Waals surface area contributed by atoms with Gasteiger partial charge < -0.3 is 0 Å². The van der Waals surface area contributed by atoms with Crippen LogP contribution in [0.1, 0.15) is 12.5 Å². The molecule has 0 bridgehead atoms. The van der Waals surface area contributed by atoms with Crippen LogP contribution in [-0.4, -0.2) is 0 Å². The molecule has 12 heavy (non-hydrogen) atoms. The summed E-state index contributed by atoms with van der Waals surface area (Å²) < 4.78 is 13.1. The molecule has 0 aliphatic carbocycles. The van der Waals surface area contributed by atoms with Crippen LogP contribution < -0.4 is 0 Å². The molecule has 0 atom stereocenters. The molecule has 0 saturated carbocycles. The Hall–Kier alpha value is -1.37. The Balaban J connectivity index is 3.10. The van der Waals surface area contributed by atoms with Gasteiger partial charge in [0, 0.05) is 5.56 Å². The predicted octanol–water partition coefficient (Wildman–Crippen LogP) is 3.42. The molecule has 0 unspecified atom stereocenters. The minimum absolute atomic E-state index is 0.187. The highest BCUT2D eigenvalue weighted by molar-refractivity contribution is 5.65. The SMILES string of the molecule is C=C/C=C(\C)c1ccccc1F. The molecule has 0 aromatic heterocycles. The van der Waals surface area contributed by atoms with E-state index < -0.39 is 0 Å². The maximum atomic E-state index is 13.1. The largest absolute Gasteiger partial charge is 0.206 e. The third kappa shape index (κ3) is 1.82. The second-order valence-corrected chi connectivity index (χ2v) is 2.57. The molecule has 0 saturated heterocycles. The Bertz CT molecular complexity index is 311. The lowest BCUT2D eigenvalue weighted by atomic mass is 10.1. The van der Waals surface area contributed by atoms with Gasteiger partial charge in [0.2, 0.25) is 0 Å². The molecule has 1 aromatic rings. The van der Waals surface area contributed by atoms with Crippen molar-refractivity contribution in [3.63, 3.8) is 0 Å². The number of allylic oxidation sites excluding steroid dienone is 3. The van der Waals surface area contributed by atoms with Gasteiger partial charge in [0.15, 0.2) is 0 Å². The van der Waals surface area contributed by atoms with Crippen molar-refractivity contribution in [1.82, 2.24) is 0 Å². The Labute approximate surface area is 72.0 Å². The highest BCUT2D eigenvalue weighted by Gasteiger charge is 2.00. The van der Waals surface area contributed by atoms with Crippen LogP contribution in [0.5, 0.6) is 0 Å². The number of halogens is 1. The van der Waals surface area contributed by atoms with Gasteiger partial charge in [-0.15, -0.1) is 0 Å². The number of benzene rings is 1. The Morgan fingerprint density at radius 1 is 1.42 bits per heavy atom. The van der Waals surface area contributed by atoms with E-state index in [0.29, 0.717) is 5.56 Å². The van der Waals surface area contributed by atoms with E-state index in [4.69, 9.17) is 0 Å². The van der Waals surface area contributed by atoms with Gasteiger partial charge in [0.05, 0.1) is 0 Å². The highest BCUT2D eigenvalue weighted by atomic mass is 19.1. The normalized spacial score (nSPS) is 11.3. The number of hydrogen-bond donors (Lipinski definition) is 0. The van der Waals surface area contributed by atoms with Crippen LogP contribution in [0.4, 0.5) is 4.39 Å². The van der Waals surface area contributed by atoms with Gasteiger partial charge in [0.25, 0.3) is 0 Å². The minimum atomic E-state index is -0.187. The van der Waals surface area contributed by atoms with Crippen LogP contribution in [0.2, 0.25) is 0 Å². The second kappa shape index (κ2) is 3.86. The van der Waals surface area contributed by atoms with Crippen molar-refractivity contribution in [2.75, 3.05) is 0 Å². The molecule has 0 nitrogen and oxygen atoms in total. The lowest BCUT2D eigenvalue weighted by Crippen LogP contribution is -1.84. The van der Waals surface area contributed by atoms with E-state index in [2.05, 4.69) is 6.58 Å². The van der Waals surface area contributed by atoms with E-state index in [1.54, 1.807) is 24.3 Å². The van der Waals surface area contributed by atoms with Crippen LogP contribution in [0.15, 0.2) is 43.0 Å². The third-order valence-corrected chi connectivity index (χ3v) is 1.67. The fraction of sp³-hybridized carbons (Fsp3) is 0.0909. The fourth-order valence-electron chi connectivity index (χ4n) is 1.05. The van der Waals surface area contributed by atoms with Crippen molar-refractivity contribution in [1.29, 1.82) is 0 Å². The summed E-state index contributed by atoms with van der Waals surface area (Å²) in [5.41, 5.74) is 1.53. The van der Waals surface area contributed by atoms with Gasteiger partial charge in [0.1, 0.15) is 5.82 Å². The van der Waals surface area contributed by atoms with Gasteiger partial charge in [-0.05, 0) is 18.6 Å². The molecule has 0 amide bonds. The molecule has 1 heteroatoms. The monoisotopic (exact) mass is 162 g/mol. The predicted molar refractivity (Wildman–Crippen MR) is 50.2 cm³/mol. The van der Waals surface area contributed by atoms with Crippen molar-refractivity contribution < 1.29 is 4.39 Å². The molecule has 0 aliphatic heterocycles. The van der Waals surface area contributed by atoms with Crippen molar-refractivity contribution in [2.24, 2.45) is 0 Å². The minimum Gasteiger partial charge on any atom is -0.206 e. The maximum Gasteiger partial charge on any atom is 0.130 e. The van der Waals surface area contributed by atoms with E-state index in [1.165, 1.54) is 6.07 Å². The van der Waals surface area contributed by atoms with Gasteiger partial charge in [-0.2, -0.15) is 0 Å². The first-order valence-electron chi connectivity index (χ1n) is 3.80. The van der Waals surface area contributed by atoms with Crippen molar-refractivity contribution in [3.8, 4) is 0 Å². The summed E-state index contributed by atoms with van der Waals surface area (Å²) in [6.07, 6.45) is 3.44. The molecular weight excluding hydrogens is 151 g/mol. The molecule has 0 aliphatic rings. The van der Waals surface area contributed by atoms with Gasteiger partial charge in [-0.25, -0.2) is 4.39 Å². The first-order chi connectivity index (χ1) is 5.75. The molecule has 0 N–H and O–H groups in total. The molecule has 1 rings (SSSR count). The summed E-state index contributed by atoms with van der Waals surface area (Å²) >= 11 is 0. The first kappa shape index (κ1) is 8.72. The zero-order chi connectivity index (χ0) is 8.97. The van der Waals surface area contributed by atoms with E-state index in [-0.39, 0.29) is 5.82 Å². The molecule has 0 fully saturated rings. The Morgan fingerprint density at radius 2 is 2.08 bits per heavy atom. The molecular formula is C11H11F. The summed E-state index contributed by atoms with van der Waals surface area (Å²) in [6.45, 7) is 5.42. The summed E-state index contributed by atoms with van der Waals surface area (Å²) in [4.78, 5) is 0. The van der Waals surface area contributed by atoms with E-state index in [9.17, 15) is 4.39 Å². The van der Waals surface area contributed by atoms with E-state index >= 15 is 0 Å². The topological polar surface area (TPSA) is 0 Å². The van der Waals surface area contributed by atoms with Crippen LogP contribution >= 0.6 is 0 Å². The molecule has 1 aromatic carbocycles. The highest BCUT2D eigenvalue weighted by Crippen LogP contribution is 2.16. The van der Waals surface area contributed by atoms with Crippen molar-refractivity contribution >= 4 is 5.57 Å². The lowest BCUT2D eigenvalue weighted by Gasteiger charge is -2.00. The summed E-state index contributed by atoms with van der Waals surface area (Å²) in [7, 11) is 0. The van der Waals surface area contributed by atoms with Crippen LogP contribution in [0.25, 0.3) is 5.57 Å². The average molecular weight is 162 g/mol. The summed E-state index contributed by atoms with van der Waals surface area (Å²) in [5, 5.41) is 0. The van der Waals surface area contributed by atoms with E-state index in [0.717, 1.165) is 5.57 Å². The zero-order valence-electron chi connectivity index (χ0n) is 7.05. The molecule has 0 spiro atoms. The standard InChI is InChI=1S/C11H11F/c1-3-6-9(2)10-7-4-5-8-11(10)12/h3-8H,1H2,2H3/b9-6+. The average Bonchev–Trinajstić information content (AvgIpc) is 2.05. The summed E-state index contributed by atoms with van der Waals surface area (Å²) in [6, 6.07) is 6.71. The number of rotatable bonds is 2. The maximum absolute atomic E-state index is 13.1. The second-order valence-electron chi connectivity index (χ2n) is 2.57. The van der Waals surface area contributed by atoms with Crippen molar-refractivity contribution in [2.45, 2.75) is 6.92 Å².